The van der Waals surface area contributed by atoms with Crippen LogP contribution < -0.4 is 5.32 Å². The standard InChI is InChI=1S/C19H32N2O4/c1-18(2,3)15-13(6-5-9-25-15)10-20-17(24)21-11-14-7-4-8-19(14,12-21)16(22)23/h13-15H,4-12H2,1-3H3,(H,20,24)(H,22,23)/t13?,14-,15?,19+/m0/s1. The highest BCUT2D eigenvalue weighted by Crippen LogP contribution is 2.48. The van der Waals surface area contributed by atoms with Crippen LogP contribution in [-0.2, 0) is 9.53 Å². The summed E-state index contributed by atoms with van der Waals surface area (Å²) < 4.78 is 5.98. The smallest absolute Gasteiger partial charge is 0.317 e. The average Bonchev–Trinajstić information content (AvgIpc) is 3.10. The van der Waals surface area contributed by atoms with E-state index < -0.39 is 11.4 Å². The Morgan fingerprint density at radius 1 is 1.28 bits per heavy atom. The molecule has 2 aliphatic heterocycles. The van der Waals surface area contributed by atoms with Crippen molar-refractivity contribution in [1.29, 1.82) is 0 Å². The number of carboxylic acid groups (broad SMARTS) is 1. The van der Waals surface area contributed by atoms with Gasteiger partial charge in [-0.1, -0.05) is 27.2 Å². The van der Waals surface area contributed by atoms with Crippen molar-refractivity contribution in [2.24, 2.45) is 22.7 Å². The van der Waals surface area contributed by atoms with Gasteiger partial charge in [0.15, 0.2) is 0 Å². The largest absolute Gasteiger partial charge is 0.481 e. The van der Waals surface area contributed by atoms with Crippen LogP contribution >= 0.6 is 0 Å². The summed E-state index contributed by atoms with van der Waals surface area (Å²) in [7, 11) is 0. The summed E-state index contributed by atoms with van der Waals surface area (Å²) in [5.74, 6) is -0.317. The van der Waals surface area contributed by atoms with E-state index >= 15 is 0 Å². The summed E-state index contributed by atoms with van der Waals surface area (Å²) in [4.78, 5) is 26.1. The van der Waals surface area contributed by atoms with Crippen LogP contribution in [-0.4, -0.2) is 54.4 Å². The lowest BCUT2D eigenvalue weighted by Gasteiger charge is -2.40. The van der Waals surface area contributed by atoms with Gasteiger partial charge in [-0.3, -0.25) is 4.79 Å². The summed E-state index contributed by atoms with van der Waals surface area (Å²) in [6.45, 7) is 8.84. The summed E-state index contributed by atoms with van der Waals surface area (Å²) in [5, 5.41) is 12.7. The highest BCUT2D eigenvalue weighted by Gasteiger charge is 2.55. The number of rotatable bonds is 3. The first-order chi connectivity index (χ1) is 11.7. The molecule has 6 nitrogen and oxygen atoms in total. The van der Waals surface area contributed by atoms with Gasteiger partial charge in [0, 0.05) is 32.2 Å². The highest BCUT2D eigenvalue weighted by molar-refractivity contribution is 5.80. The van der Waals surface area contributed by atoms with E-state index in [1.54, 1.807) is 4.90 Å². The minimum atomic E-state index is -0.737. The predicted molar refractivity (Wildman–Crippen MR) is 94.3 cm³/mol. The molecule has 0 bridgehead atoms. The van der Waals surface area contributed by atoms with Crippen molar-refractivity contribution < 1.29 is 19.4 Å². The van der Waals surface area contributed by atoms with Gasteiger partial charge in [0.25, 0.3) is 0 Å². The Kier molecular flexibility index (Phi) is 5.02. The number of likely N-dealkylation sites (tertiary alicyclic amines) is 1. The third-order valence-electron chi connectivity index (χ3n) is 6.40. The van der Waals surface area contributed by atoms with Crippen molar-refractivity contribution in [3.8, 4) is 0 Å². The van der Waals surface area contributed by atoms with E-state index in [2.05, 4.69) is 26.1 Å². The zero-order valence-electron chi connectivity index (χ0n) is 15.7. The summed E-state index contributed by atoms with van der Waals surface area (Å²) in [6, 6.07) is -0.117. The zero-order chi connectivity index (χ0) is 18.2. The lowest BCUT2D eigenvalue weighted by molar-refractivity contribution is -0.149. The molecule has 2 N–H and O–H groups in total. The number of hydrogen-bond acceptors (Lipinski definition) is 3. The van der Waals surface area contributed by atoms with Crippen molar-refractivity contribution >= 4 is 12.0 Å². The first-order valence-electron chi connectivity index (χ1n) is 9.62. The molecule has 1 aliphatic carbocycles. The lowest BCUT2D eigenvalue weighted by atomic mass is 9.78. The van der Waals surface area contributed by atoms with Gasteiger partial charge in [0.1, 0.15) is 0 Å². The van der Waals surface area contributed by atoms with Gasteiger partial charge < -0.3 is 20.1 Å². The molecular formula is C19H32N2O4. The van der Waals surface area contributed by atoms with Gasteiger partial charge in [-0.05, 0) is 37.0 Å². The quantitative estimate of drug-likeness (QED) is 0.818. The number of urea groups is 1. The Hall–Kier alpha value is -1.30. The summed E-state index contributed by atoms with van der Waals surface area (Å²) >= 11 is 0. The third kappa shape index (κ3) is 3.50. The molecule has 1 saturated carbocycles. The molecule has 0 radical (unpaired) electrons. The normalized spacial score (nSPS) is 35.5. The molecule has 2 heterocycles. The van der Waals surface area contributed by atoms with Crippen LogP contribution in [0.2, 0.25) is 0 Å². The molecular weight excluding hydrogens is 320 g/mol. The first-order valence-corrected chi connectivity index (χ1v) is 9.62. The number of fused-ring (bicyclic) bond motifs is 1. The molecule has 3 aliphatic rings. The molecule has 0 aromatic rings. The molecule has 3 fully saturated rings. The number of carboxylic acids is 1. The number of aliphatic carboxylic acids is 1. The lowest BCUT2D eigenvalue weighted by Crippen LogP contribution is -2.48. The van der Waals surface area contributed by atoms with E-state index in [0.29, 0.717) is 32.0 Å². The van der Waals surface area contributed by atoms with Crippen molar-refractivity contribution in [2.75, 3.05) is 26.2 Å². The maximum absolute atomic E-state index is 12.6. The van der Waals surface area contributed by atoms with Gasteiger partial charge in [0.05, 0.1) is 11.5 Å². The van der Waals surface area contributed by atoms with Gasteiger partial charge in [0.2, 0.25) is 0 Å². The number of carbonyl (C=O) groups is 2. The Labute approximate surface area is 150 Å². The number of hydrogen-bond donors (Lipinski definition) is 2. The second kappa shape index (κ2) is 6.78. The molecule has 0 aromatic carbocycles. The van der Waals surface area contributed by atoms with E-state index in [1.165, 1.54) is 0 Å². The molecule has 2 saturated heterocycles. The molecule has 2 unspecified atom stereocenters. The molecule has 142 valence electrons. The molecule has 0 aromatic heterocycles. The minimum absolute atomic E-state index is 0.0495. The van der Waals surface area contributed by atoms with E-state index in [1.807, 2.05) is 0 Å². The molecule has 3 rings (SSSR count). The second-order valence-corrected chi connectivity index (χ2v) is 9.18. The fourth-order valence-corrected chi connectivity index (χ4v) is 5.13. The number of amides is 2. The number of ether oxygens (including phenoxy) is 1. The van der Waals surface area contributed by atoms with E-state index in [9.17, 15) is 14.7 Å². The van der Waals surface area contributed by atoms with Gasteiger partial charge in [-0.2, -0.15) is 0 Å². The minimum Gasteiger partial charge on any atom is -0.481 e. The molecule has 2 amide bonds. The Morgan fingerprint density at radius 3 is 2.68 bits per heavy atom. The highest BCUT2D eigenvalue weighted by atomic mass is 16.5. The number of nitrogens with zero attached hydrogens (tertiary/aromatic N) is 1. The van der Waals surface area contributed by atoms with Crippen LogP contribution in [0.5, 0.6) is 0 Å². The monoisotopic (exact) mass is 352 g/mol. The van der Waals surface area contributed by atoms with Crippen LogP contribution in [0.15, 0.2) is 0 Å². The number of nitrogens with one attached hydrogen (secondary N) is 1. The van der Waals surface area contributed by atoms with Gasteiger partial charge >= 0.3 is 12.0 Å². The fraction of sp³-hybridized carbons (Fsp3) is 0.895. The van der Waals surface area contributed by atoms with Crippen LogP contribution in [0.4, 0.5) is 4.79 Å². The summed E-state index contributed by atoms with van der Waals surface area (Å²) in [6.07, 6.45) is 4.80. The number of carbonyl (C=O) groups excluding carboxylic acids is 1. The van der Waals surface area contributed by atoms with Crippen molar-refractivity contribution in [3.05, 3.63) is 0 Å². The van der Waals surface area contributed by atoms with E-state index in [4.69, 9.17) is 4.74 Å². The topological polar surface area (TPSA) is 78.9 Å². The molecule has 4 atom stereocenters. The predicted octanol–water partition coefficient (Wildman–Crippen LogP) is 2.72. The average molecular weight is 352 g/mol. The Balaban J connectivity index is 1.57. The molecule has 6 heteroatoms. The second-order valence-electron chi connectivity index (χ2n) is 9.18. The van der Waals surface area contributed by atoms with Crippen LogP contribution in [0.25, 0.3) is 0 Å². The SMILES string of the molecule is CC(C)(C)C1OCCCC1CNC(=O)N1C[C@@H]2CCC[C@@]2(C(=O)O)C1. The molecule has 25 heavy (non-hydrogen) atoms. The Bertz CT molecular complexity index is 530. The maximum atomic E-state index is 12.6. The summed E-state index contributed by atoms with van der Waals surface area (Å²) in [5.41, 5.74) is -0.660. The van der Waals surface area contributed by atoms with Crippen LogP contribution in [0, 0.1) is 22.7 Å². The van der Waals surface area contributed by atoms with Gasteiger partial charge in [-0.15, -0.1) is 0 Å². The van der Waals surface area contributed by atoms with Crippen LogP contribution in [0.1, 0.15) is 52.9 Å². The maximum Gasteiger partial charge on any atom is 0.317 e. The first kappa shape index (κ1) is 18.5. The van der Waals surface area contributed by atoms with Gasteiger partial charge in [-0.25, -0.2) is 4.79 Å². The van der Waals surface area contributed by atoms with E-state index in [-0.39, 0.29) is 23.5 Å². The van der Waals surface area contributed by atoms with Crippen LogP contribution in [0.3, 0.4) is 0 Å². The van der Waals surface area contributed by atoms with Crippen molar-refractivity contribution in [1.82, 2.24) is 10.2 Å². The third-order valence-corrected chi connectivity index (χ3v) is 6.40. The van der Waals surface area contributed by atoms with E-state index in [0.717, 1.165) is 32.3 Å². The fourth-order valence-electron chi connectivity index (χ4n) is 5.13. The van der Waals surface area contributed by atoms with Crippen molar-refractivity contribution in [2.45, 2.75) is 59.0 Å². The Morgan fingerprint density at radius 2 is 2.04 bits per heavy atom. The zero-order valence-corrected chi connectivity index (χ0v) is 15.7. The van der Waals surface area contributed by atoms with Crippen molar-refractivity contribution in [3.63, 3.8) is 0 Å². The molecule has 0 spiro atoms.